The van der Waals surface area contributed by atoms with Gasteiger partial charge in [0.25, 0.3) is 0 Å². The quantitative estimate of drug-likeness (QED) is 0.387. The Labute approximate surface area is 153 Å². The van der Waals surface area contributed by atoms with Gasteiger partial charge in [-0.3, -0.25) is 4.67 Å². The third-order valence-electron chi connectivity index (χ3n) is 4.30. The van der Waals surface area contributed by atoms with Gasteiger partial charge < -0.3 is 9.26 Å². The first-order valence-electron chi connectivity index (χ1n) is 8.83. The normalized spacial score (nSPS) is 24.4. The molecule has 1 rings (SSSR count). The van der Waals surface area contributed by atoms with Crippen molar-refractivity contribution >= 4 is 29.9 Å². The minimum Gasteiger partial charge on any atom is -0.378 e. The van der Waals surface area contributed by atoms with Crippen LogP contribution in [0.1, 0.15) is 48.5 Å². The van der Waals surface area contributed by atoms with E-state index in [0.717, 1.165) is 18.1 Å². The van der Waals surface area contributed by atoms with Gasteiger partial charge in [-0.05, 0) is 25.7 Å². The first-order chi connectivity index (χ1) is 10.8. The maximum absolute atomic E-state index is 6.83. The zero-order valence-corrected chi connectivity index (χ0v) is 18.6. The standard InChI is InChI=1S/C17H36NO2PS2/c1-9-18(14(6)7)21(17(12(2)3)13(4)5)20-16-11-23-22-10-15(16)19-8/h12-17H,9-11H2,1-8H3/t15-,16-,21?/m0/s1. The van der Waals surface area contributed by atoms with Crippen molar-refractivity contribution in [3.63, 3.8) is 0 Å². The second-order valence-electron chi connectivity index (χ2n) is 7.12. The second kappa shape index (κ2) is 10.9. The van der Waals surface area contributed by atoms with E-state index in [0.29, 0.717) is 23.5 Å². The largest absolute Gasteiger partial charge is 0.378 e. The first-order valence-corrected chi connectivity index (χ1v) is 12.6. The Morgan fingerprint density at radius 3 is 1.91 bits per heavy atom. The van der Waals surface area contributed by atoms with Crippen LogP contribution in [0.25, 0.3) is 0 Å². The van der Waals surface area contributed by atoms with Crippen LogP contribution in [0.15, 0.2) is 0 Å². The third-order valence-corrected chi connectivity index (χ3v) is 10.2. The highest BCUT2D eigenvalue weighted by molar-refractivity contribution is 8.76. The average Bonchev–Trinajstić information content (AvgIpc) is 2.47. The SMILES string of the molecule is CCN(C(C)C)P(O[C@H]1CSSC[C@@H]1OC)C(C(C)C)C(C)C. The zero-order valence-electron chi connectivity index (χ0n) is 16.1. The summed E-state index contributed by atoms with van der Waals surface area (Å²) in [5, 5.41) is 0. The summed E-state index contributed by atoms with van der Waals surface area (Å²) in [6.07, 6.45) is 0.433. The molecule has 6 heteroatoms. The Kier molecular flexibility index (Phi) is 10.4. The van der Waals surface area contributed by atoms with E-state index in [9.17, 15) is 0 Å². The molecule has 1 fully saturated rings. The molecule has 1 unspecified atom stereocenters. The maximum Gasteiger partial charge on any atom is 0.108 e. The van der Waals surface area contributed by atoms with Crippen LogP contribution >= 0.6 is 29.9 Å². The van der Waals surface area contributed by atoms with Crippen molar-refractivity contribution in [1.29, 1.82) is 0 Å². The molecule has 3 atom stereocenters. The van der Waals surface area contributed by atoms with Crippen molar-refractivity contribution in [2.75, 3.05) is 25.2 Å². The van der Waals surface area contributed by atoms with E-state index in [1.165, 1.54) is 0 Å². The van der Waals surface area contributed by atoms with Crippen LogP contribution < -0.4 is 0 Å². The molecule has 0 aromatic carbocycles. The average molecular weight is 382 g/mol. The number of ether oxygens (including phenoxy) is 1. The predicted molar refractivity (Wildman–Crippen MR) is 108 cm³/mol. The molecule has 0 amide bonds. The maximum atomic E-state index is 6.83. The van der Waals surface area contributed by atoms with Crippen LogP contribution in [0.4, 0.5) is 0 Å². The fraction of sp³-hybridized carbons (Fsp3) is 1.00. The summed E-state index contributed by atoms with van der Waals surface area (Å²) >= 11 is 0. The summed E-state index contributed by atoms with van der Waals surface area (Å²) in [6, 6.07) is 0.512. The molecule has 1 saturated heterocycles. The van der Waals surface area contributed by atoms with Crippen molar-refractivity contribution < 1.29 is 9.26 Å². The molecule has 1 heterocycles. The summed E-state index contributed by atoms with van der Waals surface area (Å²) in [5.74, 6) is 3.30. The molecule has 0 N–H and O–H groups in total. The Bertz CT molecular complexity index is 324. The van der Waals surface area contributed by atoms with E-state index >= 15 is 0 Å². The molecule has 138 valence electrons. The Morgan fingerprint density at radius 1 is 1.00 bits per heavy atom. The second-order valence-corrected chi connectivity index (χ2v) is 11.6. The van der Waals surface area contributed by atoms with E-state index in [1.807, 2.05) is 28.7 Å². The van der Waals surface area contributed by atoms with E-state index in [-0.39, 0.29) is 12.2 Å². The Morgan fingerprint density at radius 2 is 1.52 bits per heavy atom. The number of hydrogen-bond donors (Lipinski definition) is 0. The van der Waals surface area contributed by atoms with Crippen molar-refractivity contribution in [1.82, 2.24) is 4.67 Å². The van der Waals surface area contributed by atoms with Gasteiger partial charge in [0.05, 0.1) is 6.10 Å². The minimum absolute atomic E-state index is 0.213. The van der Waals surface area contributed by atoms with Gasteiger partial charge in [0.2, 0.25) is 0 Å². The molecule has 0 radical (unpaired) electrons. The van der Waals surface area contributed by atoms with Crippen molar-refractivity contribution in [3.05, 3.63) is 0 Å². The van der Waals surface area contributed by atoms with Gasteiger partial charge in [0.15, 0.2) is 0 Å². The van der Waals surface area contributed by atoms with Gasteiger partial charge in [0.1, 0.15) is 14.4 Å². The highest BCUT2D eigenvalue weighted by atomic mass is 33.1. The van der Waals surface area contributed by atoms with Crippen molar-refractivity contribution in [3.8, 4) is 0 Å². The third kappa shape index (κ3) is 6.34. The number of hydrogen-bond acceptors (Lipinski definition) is 5. The number of nitrogens with zero attached hydrogens (tertiary/aromatic N) is 1. The lowest BCUT2D eigenvalue weighted by Crippen LogP contribution is -2.41. The predicted octanol–water partition coefficient (Wildman–Crippen LogP) is 5.50. The molecule has 0 bridgehead atoms. The smallest absolute Gasteiger partial charge is 0.108 e. The van der Waals surface area contributed by atoms with Crippen LogP contribution in [0.3, 0.4) is 0 Å². The van der Waals surface area contributed by atoms with Gasteiger partial charge in [-0.2, -0.15) is 0 Å². The lowest BCUT2D eigenvalue weighted by atomic mass is 10.00. The van der Waals surface area contributed by atoms with Gasteiger partial charge in [-0.1, -0.05) is 56.2 Å². The van der Waals surface area contributed by atoms with Gasteiger partial charge in [-0.15, -0.1) is 0 Å². The molecule has 1 aliphatic rings. The van der Waals surface area contributed by atoms with Crippen LogP contribution in [0, 0.1) is 11.8 Å². The van der Waals surface area contributed by atoms with Crippen LogP contribution in [-0.2, 0) is 9.26 Å². The fourth-order valence-corrected chi connectivity index (χ4v) is 8.64. The van der Waals surface area contributed by atoms with Gasteiger partial charge >= 0.3 is 0 Å². The van der Waals surface area contributed by atoms with E-state index < -0.39 is 8.30 Å². The molecule has 0 aromatic rings. The molecule has 0 spiro atoms. The van der Waals surface area contributed by atoms with Crippen LogP contribution in [-0.4, -0.2) is 53.7 Å². The molecule has 0 aromatic heterocycles. The highest BCUT2D eigenvalue weighted by Gasteiger charge is 2.38. The Balaban J connectivity index is 3.01. The number of methoxy groups -OCH3 is 1. The monoisotopic (exact) mass is 381 g/mol. The summed E-state index contributed by atoms with van der Waals surface area (Å²) in [4.78, 5) is 0. The van der Waals surface area contributed by atoms with E-state index in [2.05, 4.69) is 53.1 Å². The molecule has 0 aliphatic carbocycles. The summed E-state index contributed by atoms with van der Waals surface area (Å²) in [5.41, 5.74) is 0.587. The molecule has 3 nitrogen and oxygen atoms in total. The summed E-state index contributed by atoms with van der Waals surface area (Å²) in [7, 11) is 5.02. The van der Waals surface area contributed by atoms with Crippen LogP contribution in [0.5, 0.6) is 0 Å². The van der Waals surface area contributed by atoms with Crippen LogP contribution in [0.2, 0.25) is 0 Å². The van der Waals surface area contributed by atoms with Gasteiger partial charge in [0, 0.05) is 36.9 Å². The molecule has 0 saturated carbocycles. The number of rotatable bonds is 9. The summed E-state index contributed by atoms with van der Waals surface area (Å²) in [6.45, 7) is 17.3. The first kappa shape index (κ1) is 22.1. The minimum atomic E-state index is -0.630. The van der Waals surface area contributed by atoms with Crippen molar-refractivity contribution in [2.24, 2.45) is 11.8 Å². The molecular weight excluding hydrogens is 345 g/mol. The Hall–Kier alpha value is 1.01. The molecule has 1 aliphatic heterocycles. The molecule has 23 heavy (non-hydrogen) atoms. The summed E-state index contributed by atoms with van der Waals surface area (Å²) < 4.78 is 15.1. The van der Waals surface area contributed by atoms with E-state index in [4.69, 9.17) is 9.26 Å². The van der Waals surface area contributed by atoms with Gasteiger partial charge in [-0.25, -0.2) is 0 Å². The van der Waals surface area contributed by atoms with E-state index in [1.54, 1.807) is 0 Å². The highest BCUT2D eigenvalue weighted by Crippen LogP contribution is 2.55. The zero-order chi connectivity index (χ0) is 17.6. The topological polar surface area (TPSA) is 21.7 Å². The lowest BCUT2D eigenvalue weighted by Gasteiger charge is -2.44. The van der Waals surface area contributed by atoms with Crippen molar-refractivity contribution in [2.45, 2.75) is 72.4 Å². The lowest BCUT2D eigenvalue weighted by molar-refractivity contribution is 0.0279. The molecular formula is C17H36NO2PS2. The fourth-order valence-electron chi connectivity index (χ4n) is 3.22.